The minimum atomic E-state index is -0.563. The highest BCUT2D eigenvalue weighted by Crippen LogP contribution is 2.27. The fraction of sp³-hybridized carbons (Fsp3) is 0.222. The molecule has 3 amide bonds. The molecule has 0 aliphatic heterocycles. The number of amides is 3. The average Bonchev–Trinajstić information content (AvgIpc) is 2.66. The van der Waals surface area contributed by atoms with Crippen molar-refractivity contribution in [2.45, 2.75) is 13.0 Å². The molecule has 0 atom stereocenters. The van der Waals surface area contributed by atoms with Crippen LogP contribution in [0, 0.1) is 5.82 Å². The summed E-state index contributed by atoms with van der Waals surface area (Å²) in [6, 6.07) is 10.3. The van der Waals surface area contributed by atoms with E-state index in [1.54, 1.807) is 18.2 Å². The van der Waals surface area contributed by atoms with Crippen LogP contribution in [-0.4, -0.2) is 26.2 Å². The van der Waals surface area contributed by atoms with Gasteiger partial charge in [-0.15, -0.1) is 0 Å². The first-order chi connectivity index (χ1) is 12.5. The Labute approximate surface area is 150 Å². The van der Waals surface area contributed by atoms with Gasteiger partial charge in [0, 0.05) is 6.54 Å². The van der Waals surface area contributed by atoms with Crippen LogP contribution in [0.25, 0.3) is 0 Å². The van der Waals surface area contributed by atoms with Crippen molar-refractivity contribution in [2.75, 3.05) is 14.2 Å². The number of carbonyl (C=O) groups is 2. The minimum absolute atomic E-state index is 0.0240. The lowest BCUT2D eigenvalue weighted by atomic mass is 10.1. The van der Waals surface area contributed by atoms with Gasteiger partial charge in [-0.3, -0.25) is 10.2 Å². The van der Waals surface area contributed by atoms with E-state index in [1.165, 1.54) is 38.5 Å². The zero-order valence-corrected chi connectivity index (χ0v) is 14.5. The highest BCUT2D eigenvalue weighted by atomic mass is 19.1. The lowest BCUT2D eigenvalue weighted by Gasteiger charge is -2.11. The molecule has 26 heavy (non-hydrogen) atoms. The Morgan fingerprint density at radius 2 is 1.58 bits per heavy atom. The van der Waals surface area contributed by atoms with Gasteiger partial charge in [0.2, 0.25) is 5.91 Å². The smallest absolute Gasteiger partial charge is 0.333 e. The molecule has 0 spiro atoms. The summed E-state index contributed by atoms with van der Waals surface area (Å²) in [5.74, 6) is 0.355. The first kappa shape index (κ1) is 19.0. The van der Waals surface area contributed by atoms with Gasteiger partial charge >= 0.3 is 6.03 Å². The van der Waals surface area contributed by atoms with Crippen molar-refractivity contribution in [3.63, 3.8) is 0 Å². The number of nitrogens with one attached hydrogen (secondary N) is 3. The monoisotopic (exact) mass is 361 g/mol. The van der Waals surface area contributed by atoms with Crippen LogP contribution in [0.1, 0.15) is 11.1 Å². The van der Waals surface area contributed by atoms with E-state index in [-0.39, 0.29) is 18.8 Å². The van der Waals surface area contributed by atoms with Gasteiger partial charge in [0.25, 0.3) is 0 Å². The van der Waals surface area contributed by atoms with Gasteiger partial charge in [0.15, 0.2) is 11.5 Å². The van der Waals surface area contributed by atoms with Crippen LogP contribution in [-0.2, 0) is 17.8 Å². The fourth-order valence-electron chi connectivity index (χ4n) is 2.18. The third-order valence-corrected chi connectivity index (χ3v) is 3.49. The number of urea groups is 1. The summed E-state index contributed by atoms with van der Waals surface area (Å²) in [5, 5.41) is 2.60. The van der Waals surface area contributed by atoms with E-state index in [2.05, 4.69) is 16.2 Å². The molecular weight excluding hydrogens is 341 g/mol. The van der Waals surface area contributed by atoms with Crippen LogP contribution in [0.15, 0.2) is 42.5 Å². The second-order valence-corrected chi connectivity index (χ2v) is 5.35. The van der Waals surface area contributed by atoms with E-state index in [0.29, 0.717) is 17.1 Å². The Kier molecular flexibility index (Phi) is 6.78. The molecule has 0 saturated carbocycles. The molecular formula is C18H20FN3O4. The number of hydrogen-bond donors (Lipinski definition) is 3. The summed E-state index contributed by atoms with van der Waals surface area (Å²) >= 11 is 0. The Balaban J connectivity index is 1.76. The van der Waals surface area contributed by atoms with Crippen LogP contribution < -0.4 is 25.6 Å². The average molecular weight is 361 g/mol. The molecule has 0 unspecified atom stereocenters. The Hall–Kier alpha value is -3.29. The maximum atomic E-state index is 12.8. The van der Waals surface area contributed by atoms with Crippen molar-refractivity contribution < 1.29 is 23.5 Å². The highest BCUT2D eigenvalue weighted by molar-refractivity contribution is 5.82. The highest BCUT2D eigenvalue weighted by Gasteiger charge is 2.08. The Morgan fingerprint density at radius 3 is 2.23 bits per heavy atom. The molecule has 2 aromatic rings. The minimum Gasteiger partial charge on any atom is -0.493 e. The molecule has 0 aromatic heterocycles. The third kappa shape index (κ3) is 5.66. The molecule has 2 aromatic carbocycles. The topological polar surface area (TPSA) is 88.7 Å². The number of hydrazine groups is 1. The first-order valence-electron chi connectivity index (χ1n) is 7.80. The molecule has 0 aliphatic carbocycles. The number of halogens is 1. The van der Waals surface area contributed by atoms with Crippen molar-refractivity contribution in [1.82, 2.24) is 16.2 Å². The Morgan fingerprint density at radius 1 is 0.923 bits per heavy atom. The number of carbonyl (C=O) groups excluding carboxylic acids is 2. The molecule has 0 fully saturated rings. The lowest BCUT2D eigenvalue weighted by molar-refractivity contribution is -0.121. The Bertz CT molecular complexity index is 766. The number of ether oxygens (including phenoxy) is 2. The summed E-state index contributed by atoms with van der Waals surface area (Å²) in [6.45, 7) is 0.236. The number of methoxy groups -OCH3 is 2. The molecule has 138 valence electrons. The molecule has 0 bridgehead atoms. The third-order valence-electron chi connectivity index (χ3n) is 3.49. The summed E-state index contributed by atoms with van der Waals surface area (Å²) in [7, 11) is 3.07. The number of rotatable bonds is 6. The van der Waals surface area contributed by atoms with Crippen LogP contribution in [0.5, 0.6) is 11.5 Å². The number of benzene rings is 2. The van der Waals surface area contributed by atoms with Crippen molar-refractivity contribution in [3.8, 4) is 11.5 Å². The molecule has 0 saturated heterocycles. The second-order valence-electron chi connectivity index (χ2n) is 5.35. The van der Waals surface area contributed by atoms with E-state index < -0.39 is 11.9 Å². The van der Waals surface area contributed by atoms with Gasteiger partial charge < -0.3 is 14.8 Å². The molecule has 8 heteroatoms. The summed E-state index contributed by atoms with van der Waals surface area (Å²) in [5.41, 5.74) is 5.98. The van der Waals surface area contributed by atoms with Crippen LogP contribution in [0.3, 0.4) is 0 Å². The van der Waals surface area contributed by atoms with Crippen LogP contribution in [0.4, 0.5) is 9.18 Å². The largest absolute Gasteiger partial charge is 0.493 e. The van der Waals surface area contributed by atoms with E-state index in [4.69, 9.17) is 9.47 Å². The van der Waals surface area contributed by atoms with Gasteiger partial charge in [-0.1, -0.05) is 18.2 Å². The van der Waals surface area contributed by atoms with Crippen molar-refractivity contribution >= 4 is 11.9 Å². The molecule has 2 rings (SSSR count). The van der Waals surface area contributed by atoms with E-state index in [9.17, 15) is 14.0 Å². The zero-order valence-electron chi connectivity index (χ0n) is 14.5. The SMILES string of the molecule is COc1ccc(CNC(=O)NNC(=O)Cc2ccc(F)cc2)cc1OC. The van der Waals surface area contributed by atoms with E-state index in [1.807, 2.05) is 0 Å². The first-order valence-corrected chi connectivity index (χ1v) is 7.80. The fourth-order valence-corrected chi connectivity index (χ4v) is 2.18. The van der Waals surface area contributed by atoms with E-state index >= 15 is 0 Å². The summed E-state index contributed by atoms with van der Waals surface area (Å²) < 4.78 is 23.1. The molecule has 3 N–H and O–H groups in total. The molecule has 0 heterocycles. The van der Waals surface area contributed by atoms with Crippen molar-refractivity contribution in [1.29, 1.82) is 0 Å². The van der Waals surface area contributed by atoms with Gasteiger partial charge in [-0.05, 0) is 35.4 Å². The van der Waals surface area contributed by atoms with E-state index in [0.717, 1.165) is 5.56 Å². The van der Waals surface area contributed by atoms with Crippen molar-refractivity contribution in [2.24, 2.45) is 0 Å². The molecule has 0 aliphatic rings. The normalized spacial score (nSPS) is 9.96. The summed E-state index contributed by atoms with van der Waals surface area (Å²) in [6.07, 6.45) is 0.0240. The second kappa shape index (κ2) is 9.26. The van der Waals surface area contributed by atoms with Gasteiger partial charge in [0.1, 0.15) is 5.82 Å². The quantitative estimate of drug-likeness (QED) is 0.686. The predicted octanol–water partition coefficient (Wildman–Crippen LogP) is 1.92. The maximum Gasteiger partial charge on any atom is 0.333 e. The molecule has 7 nitrogen and oxygen atoms in total. The zero-order chi connectivity index (χ0) is 18.9. The predicted molar refractivity (Wildman–Crippen MR) is 93.2 cm³/mol. The van der Waals surface area contributed by atoms with Gasteiger partial charge in [-0.2, -0.15) is 0 Å². The lowest BCUT2D eigenvalue weighted by Crippen LogP contribution is -2.47. The van der Waals surface area contributed by atoms with Crippen molar-refractivity contribution in [3.05, 3.63) is 59.4 Å². The van der Waals surface area contributed by atoms with Crippen LogP contribution >= 0.6 is 0 Å². The van der Waals surface area contributed by atoms with Gasteiger partial charge in [-0.25, -0.2) is 14.6 Å². The maximum absolute atomic E-state index is 12.8. The number of hydrogen-bond acceptors (Lipinski definition) is 4. The summed E-state index contributed by atoms with van der Waals surface area (Å²) in [4.78, 5) is 23.5. The van der Waals surface area contributed by atoms with Crippen LogP contribution in [0.2, 0.25) is 0 Å². The van der Waals surface area contributed by atoms with Gasteiger partial charge in [0.05, 0.1) is 20.6 Å². The standard InChI is InChI=1S/C18H20FN3O4/c1-25-15-8-5-13(9-16(15)26-2)11-20-18(24)22-21-17(23)10-12-3-6-14(19)7-4-12/h3-9H,10-11H2,1-2H3,(H,21,23)(H2,20,22,24). The molecule has 0 radical (unpaired) electrons.